The molecule has 2 rings (SSSR count). The molecule has 42 heavy (non-hydrogen) atoms. The Morgan fingerprint density at radius 1 is 0.333 bits per heavy atom. The molecule has 230 valence electrons. The first kappa shape index (κ1) is 34.0. The summed E-state index contributed by atoms with van der Waals surface area (Å²) in [6.07, 6.45) is 15.0. The first-order valence-electron chi connectivity index (χ1n) is 14.6. The average molecular weight is 585 g/mol. The predicted octanol–water partition coefficient (Wildman–Crippen LogP) is 2.00. The molecule has 0 saturated heterocycles. The van der Waals surface area contributed by atoms with Gasteiger partial charge in [0, 0.05) is 13.1 Å². The zero-order chi connectivity index (χ0) is 31.1. The molecule has 0 spiro atoms. The van der Waals surface area contributed by atoms with E-state index in [1.54, 1.807) is 0 Å². The van der Waals surface area contributed by atoms with E-state index < -0.39 is 34.1 Å². The second-order valence-electron chi connectivity index (χ2n) is 10.1. The molecule has 0 aromatic carbocycles. The van der Waals surface area contributed by atoms with Gasteiger partial charge in [-0.25, -0.2) is 56.2 Å². The Morgan fingerprint density at radius 2 is 0.524 bits per heavy atom. The van der Waals surface area contributed by atoms with Crippen molar-refractivity contribution in [2.24, 2.45) is 0 Å². The molecule has 0 bridgehead atoms. The maximum Gasteiger partial charge on any atom is 0.336 e. The third-order valence-electron chi connectivity index (χ3n) is 7.03. The van der Waals surface area contributed by atoms with Gasteiger partial charge in [-0.1, -0.05) is 75.7 Å². The lowest BCUT2D eigenvalue weighted by Gasteiger charge is -2.12. The highest BCUT2D eigenvalue weighted by atomic mass is 16.2. The fraction of sp³-hybridized carbons (Fsp3) is 0.533. The molecule has 0 atom stereocenters. The van der Waals surface area contributed by atoms with Gasteiger partial charge >= 0.3 is 34.1 Å². The highest BCUT2D eigenvalue weighted by Gasteiger charge is 2.15. The van der Waals surface area contributed by atoms with Gasteiger partial charge in [-0.2, -0.15) is 0 Å². The van der Waals surface area contributed by atoms with Crippen LogP contribution in [0.5, 0.6) is 0 Å². The number of aromatic nitrogens is 6. The largest absolute Gasteiger partial charge is 0.336 e. The lowest BCUT2D eigenvalue weighted by molar-refractivity contribution is 0.451. The Labute approximate surface area is 244 Å². The van der Waals surface area contributed by atoms with Gasteiger partial charge in [-0.05, 0) is 12.8 Å². The van der Waals surface area contributed by atoms with Crippen LogP contribution in [-0.2, 0) is 39.3 Å². The van der Waals surface area contributed by atoms with E-state index >= 15 is 0 Å². The minimum absolute atomic E-state index is 0.0350. The molecule has 0 amide bonds. The molecule has 0 fully saturated rings. The number of rotatable bonds is 21. The maximum atomic E-state index is 12.7. The Morgan fingerprint density at radius 3 is 0.738 bits per heavy atom. The lowest BCUT2D eigenvalue weighted by Crippen LogP contribution is -2.54. The van der Waals surface area contributed by atoms with Gasteiger partial charge in [0.05, 0.1) is 26.2 Å². The fourth-order valence-electron chi connectivity index (χ4n) is 4.84. The average Bonchev–Trinajstić information content (AvgIpc) is 2.97. The van der Waals surface area contributed by atoms with Gasteiger partial charge in [-0.3, -0.25) is 0 Å². The summed E-state index contributed by atoms with van der Waals surface area (Å²) >= 11 is 0. The van der Waals surface area contributed by atoms with Crippen LogP contribution < -0.4 is 34.1 Å². The number of unbranched alkanes of at least 4 members (excludes halogenated alkanes) is 9. The number of hydrogen-bond donors (Lipinski definition) is 0. The van der Waals surface area contributed by atoms with E-state index in [9.17, 15) is 28.8 Å². The minimum atomic E-state index is -0.656. The van der Waals surface area contributed by atoms with E-state index in [0.717, 1.165) is 78.8 Å². The maximum absolute atomic E-state index is 12.7. The summed E-state index contributed by atoms with van der Waals surface area (Å²) in [6, 6.07) is 0. The van der Waals surface area contributed by atoms with Gasteiger partial charge in [-0.15, -0.1) is 26.3 Å². The summed E-state index contributed by atoms with van der Waals surface area (Å²) in [5.41, 5.74) is -3.77. The topological polar surface area (TPSA) is 132 Å². The molecule has 12 nitrogen and oxygen atoms in total. The van der Waals surface area contributed by atoms with Crippen LogP contribution in [0, 0.1) is 0 Å². The van der Waals surface area contributed by atoms with Gasteiger partial charge < -0.3 is 0 Å². The zero-order valence-electron chi connectivity index (χ0n) is 24.6. The summed E-state index contributed by atoms with van der Waals surface area (Å²) in [5.74, 6) is 0. The summed E-state index contributed by atoms with van der Waals surface area (Å²) in [4.78, 5) is 75.6. The molecule has 0 N–H and O–H groups in total. The van der Waals surface area contributed by atoms with Crippen molar-refractivity contribution in [2.45, 2.75) is 103 Å². The monoisotopic (exact) mass is 584 g/mol. The van der Waals surface area contributed by atoms with Crippen LogP contribution in [0.4, 0.5) is 0 Å². The van der Waals surface area contributed by atoms with Crippen molar-refractivity contribution in [2.75, 3.05) is 0 Å². The normalized spacial score (nSPS) is 11.0. The van der Waals surface area contributed by atoms with Crippen LogP contribution in [-0.4, -0.2) is 27.4 Å². The van der Waals surface area contributed by atoms with Gasteiger partial charge in [0.1, 0.15) is 0 Å². The summed E-state index contributed by atoms with van der Waals surface area (Å²) in [7, 11) is 0. The molecule has 2 aromatic heterocycles. The molecule has 12 heteroatoms. The van der Waals surface area contributed by atoms with Crippen molar-refractivity contribution in [3.8, 4) is 0 Å². The van der Waals surface area contributed by atoms with Gasteiger partial charge in [0.2, 0.25) is 0 Å². The van der Waals surface area contributed by atoms with Crippen LogP contribution in [0.2, 0.25) is 0 Å². The Bertz CT molecular complexity index is 1380. The molecule has 0 aliphatic rings. The highest BCUT2D eigenvalue weighted by molar-refractivity contribution is 4.86. The van der Waals surface area contributed by atoms with Crippen LogP contribution >= 0.6 is 0 Å². The van der Waals surface area contributed by atoms with Crippen molar-refractivity contribution in [1.29, 1.82) is 0 Å². The van der Waals surface area contributed by atoms with Crippen LogP contribution in [0.3, 0.4) is 0 Å². The Balaban J connectivity index is 1.74. The van der Waals surface area contributed by atoms with Crippen molar-refractivity contribution in [3.63, 3.8) is 0 Å². The summed E-state index contributed by atoms with van der Waals surface area (Å²) < 4.78 is 6.27. The van der Waals surface area contributed by atoms with E-state index in [4.69, 9.17) is 0 Å². The number of nitrogens with zero attached hydrogens (tertiary/aromatic N) is 6. The van der Waals surface area contributed by atoms with Crippen LogP contribution in [0.1, 0.15) is 64.2 Å². The Hall–Kier alpha value is -4.22. The Kier molecular flexibility index (Phi) is 14.2. The highest BCUT2D eigenvalue weighted by Crippen LogP contribution is 2.11. The van der Waals surface area contributed by atoms with E-state index in [0.29, 0.717) is 12.8 Å². The lowest BCUT2D eigenvalue weighted by atomic mass is 10.1. The molecule has 2 heterocycles. The number of allylic oxidation sites excluding steroid dienone is 4. The van der Waals surface area contributed by atoms with Gasteiger partial charge in [0.25, 0.3) is 0 Å². The van der Waals surface area contributed by atoms with Crippen molar-refractivity contribution in [3.05, 3.63) is 114 Å². The molecule has 0 aliphatic heterocycles. The molecule has 0 saturated carbocycles. The molecule has 0 aliphatic carbocycles. The molecule has 2 aromatic rings. The summed E-state index contributed by atoms with van der Waals surface area (Å²) in [5, 5.41) is 0. The van der Waals surface area contributed by atoms with E-state index in [1.807, 2.05) is 0 Å². The standard InChI is InChI=1S/C30H44N6O6/c1-5-19-31-25(37)32(20-6-2)28(40)35(27(31)39)23-17-15-13-11-9-10-12-14-16-18-24-36-29(41)33(21-7-3)26(38)34(22-8-4)30(36)42/h5-8H,1-4,9-24H2. The smallest absolute Gasteiger partial charge is 0.247 e. The molecular weight excluding hydrogens is 540 g/mol. The van der Waals surface area contributed by atoms with E-state index in [2.05, 4.69) is 26.3 Å². The first-order valence-corrected chi connectivity index (χ1v) is 14.6. The van der Waals surface area contributed by atoms with Crippen LogP contribution in [0.15, 0.2) is 79.4 Å². The van der Waals surface area contributed by atoms with E-state index in [-0.39, 0.29) is 39.3 Å². The quantitative estimate of drug-likeness (QED) is 0.163. The first-order chi connectivity index (χ1) is 20.2. The van der Waals surface area contributed by atoms with Crippen molar-refractivity contribution < 1.29 is 0 Å². The predicted molar refractivity (Wildman–Crippen MR) is 165 cm³/mol. The van der Waals surface area contributed by atoms with Crippen molar-refractivity contribution >= 4 is 0 Å². The van der Waals surface area contributed by atoms with Crippen molar-refractivity contribution in [1.82, 2.24) is 27.4 Å². The SMILES string of the molecule is C=CCn1c(=O)n(CC=C)c(=O)n(CCCCCCCCCCCCn2c(=O)n(CC=C)c(=O)n(CC=C)c2=O)c1=O. The minimum Gasteiger partial charge on any atom is -0.247 e. The van der Waals surface area contributed by atoms with Gasteiger partial charge in [0.15, 0.2) is 0 Å². The molecule has 0 radical (unpaired) electrons. The fourth-order valence-corrected chi connectivity index (χ4v) is 4.84. The number of hydrogen-bond acceptors (Lipinski definition) is 6. The van der Waals surface area contributed by atoms with Crippen LogP contribution in [0.25, 0.3) is 0 Å². The third kappa shape index (κ3) is 8.64. The third-order valence-corrected chi connectivity index (χ3v) is 7.03. The second kappa shape index (κ2) is 17.6. The molecular formula is C30H44N6O6. The zero-order valence-corrected chi connectivity index (χ0v) is 24.6. The second-order valence-corrected chi connectivity index (χ2v) is 10.1. The molecule has 0 unspecified atom stereocenters. The summed E-state index contributed by atoms with van der Waals surface area (Å²) in [6.45, 7) is 15.0. The van der Waals surface area contributed by atoms with E-state index in [1.165, 1.54) is 24.3 Å².